The molecule has 3 rings (SSSR count). The number of benzene rings is 1. The quantitative estimate of drug-likeness (QED) is 0.847. The molecule has 9 heteroatoms. The number of carbonyl (C=O) groups is 1. The van der Waals surface area contributed by atoms with Crippen molar-refractivity contribution in [3.63, 3.8) is 0 Å². The normalized spacial score (nSPS) is 15.1. The molecule has 1 aliphatic rings. The van der Waals surface area contributed by atoms with Gasteiger partial charge in [0.2, 0.25) is 0 Å². The Labute approximate surface area is 153 Å². The zero-order valence-electron chi connectivity index (χ0n) is 13.6. The summed E-state index contributed by atoms with van der Waals surface area (Å²) in [6.45, 7) is 1.82. The molecule has 138 valence electrons. The van der Waals surface area contributed by atoms with Crippen LogP contribution >= 0.6 is 11.6 Å². The molecule has 0 aliphatic carbocycles. The maximum atomic E-state index is 12.6. The van der Waals surface area contributed by atoms with Crippen LogP contribution in [0, 0.1) is 0 Å². The van der Waals surface area contributed by atoms with E-state index in [9.17, 15) is 18.0 Å². The van der Waals surface area contributed by atoms with Crippen LogP contribution in [0.4, 0.5) is 29.5 Å². The standard InChI is InChI=1S/C17H16ClF3N4O/c18-13-3-1-2-4-14(13)23-16(26)25-9-7-24(8-10-25)15-6-5-12(11-22-15)17(19,20)21/h1-6,11H,7-10H2,(H,23,26). The van der Waals surface area contributed by atoms with Crippen LogP contribution in [0.2, 0.25) is 5.02 Å². The molecule has 2 aromatic rings. The van der Waals surface area contributed by atoms with Crippen LogP contribution in [0.3, 0.4) is 0 Å². The molecule has 0 saturated carbocycles. The zero-order chi connectivity index (χ0) is 18.7. The molecule has 1 N–H and O–H groups in total. The van der Waals surface area contributed by atoms with Crippen LogP contribution in [-0.2, 0) is 6.18 Å². The van der Waals surface area contributed by atoms with Gasteiger partial charge >= 0.3 is 12.2 Å². The van der Waals surface area contributed by atoms with Crippen molar-refractivity contribution in [1.82, 2.24) is 9.88 Å². The number of hydrogen-bond acceptors (Lipinski definition) is 3. The van der Waals surface area contributed by atoms with E-state index in [-0.39, 0.29) is 6.03 Å². The molecule has 0 spiro atoms. The first kappa shape index (κ1) is 18.3. The fourth-order valence-electron chi connectivity index (χ4n) is 2.64. The molecule has 2 amide bonds. The number of urea groups is 1. The van der Waals surface area contributed by atoms with Crippen LogP contribution < -0.4 is 10.2 Å². The topological polar surface area (TPSA) is 48.5 Å². The van der Waals surface area contributed by atoms with E-state index in [1.165, 1.54) is 6.07 Å². The van der Waals surface area contributed by atoms with Gasteiger partial charge in [0, 0.05) is 32.4 Å². The molecular weight excluding hydrogens is 369 g/mol. The third kappa shape index (κ3) is 4.19. The molecule has 0 atom stereocenters. The summed E-state index contributed by atoms with van der Waals surface area (Å²) in [5.74, 6) is 0.462. The second kappa shape index (κ2) is 7.41. The van der Waals surface area contributed by atoms with E-state index >= 15 is 0 Å². The third-order valence-corrected chi connectivity index (χ3v) is 4.41. The molecular formula is C17H16ClF3N4O. The van der Waals surface area contributed by atoms with E-state index < -0.39 is 11.7 Å². The number of carbonyl (C=O) groups excluding carboxylic acids is 1. The first-order chi connectivity index (χ1) is 12.3. The second-order valence-electron chi connectivity index (χ2n) is 5.79. The van der Waals surface area contributed by atoms with E-state index in [0.717, 1.165) is 12.3 Å². The molecule has 5 nitrogen and oxygen atoms in total. The summed E-state index contributed by atoms with van der Waals surface area (Å²) < 4.78 is 37.8. The summed E-state index contributed by atoms with van der Waals surface area (Å²) in [5.41, 5.74) is -0.245. The van der Waals surface area contributed by atoms with Gasteiger partial charge in [0.05, 0.1) is 16.3 Å². The van der Waals surface area contributed by atoms with E-state index in [1.54, 1.807) is 29.2 Å². The number of hydrogen-bond donors (Lipinski definition) is 1. The number of alkyl halides is 3. The van der Waals surface area contributed by atoms with Crippen molar-refractivity contribution < 1.29 is 18.0 Å². The first-order valence-corrected chi connectivity index (χ1v) is 8.31. The molecule has 1 aromatic carbocycles. The van der Waals surface area contributed by atoms with E-state index in [1.807, 2.05) is 4.90 Å². The minimum atomic E-state index is -4.40. The van der Waals surface area contributed by atoms with Crippen LogP contribution in [0.15, 0.2) is 42.6 Å². The lowest BCUT2D eigenvalue weighted by molar-refractivity contribution is -0.137. The van der Waals surface area contributed by atoms with Crippen molar-refractivity contribution >= 4 is 29.1 Å². The summed E-state index contributed by atoms with van der Waals surface area (Å²) in [6.07, 6.45) is -3.58. The molecule has 0 bridgehead atoms. The Bertz CT molecular complexity index is 774. The summed E-state index contributed by atoms with van der Waals surface area (Å²) >= 11 is 6.03. The van der Waals surface area contributed by atoms with Crippen LogP contribution in [-0.4, -0.2) is 42.1 Å². The monoisotopic (exact) mass is 384 g/mol. The SMILES string of the molecule is O=C(Nc1ccccc1Cl)N1CCN(c2ccc(C(F)(F)F)cn2)CC1. The number of rotatable bonds is 2. The highest BCUT2D eigenvalue weighted by Gasteiger charge is 2.31. The van der Waals surface area contributed by atoms with Crippen LogP contribution in [0.5, 0.6) is 0 Å². The molecule has 0 radical (unpaired) electrons. The predicted octanol–water partition coefficient (Wildman–Crippen LogP) is 4.11. The summed E-state index contributed by atoms with van der Waals surface area (Å²) in [4.78, 5) is 19.7. The number of nitrogens with one attached hydrogen (secondary N) is 1. The van der Waals surface area contributed by atoms with Crippen molar-refractivity contribution in [1.29, 1.82) is 0 Å². The Hall–Kier alpha value is -2.48. The lowest BCUT2D eigenvalue weighted by Gasteiger charge is -2.35. The number of para-hydroxylation sites is 1. The average Bonchev–Trinajstić information content (AvgIpc) is 2.63. The number of pyridine rings is 1. The smallest absolute Gasteiger partial charge is 0.353 e. The number of amides is 2. The molecule has 1 saturated heterocycles. The van der Waals surface area contributed by atoms with Gasteiger partial charge in [-0.1, -0.05) is 23.7 Å². The second-order valence-corrected chi connectivity index (χ2v) is 6.19. The Morgan fingerprint density at radius 3 is 2.35 bits per heavy atom. The number of halogens is 4. The maximum Gasteiger partial charge on any atom is 0.417 e. The van der Waals surface area contributed by atoms with Crippen molar-refractivity contribution in [3.05, 3.63) is 53.2 Å². The van der Waals surface area contributed by atoms with E-state index in [2.05, 4.69) is 10.3 Å². The minimum absolute atomic E-state index is 0.266. The van der Waals surface area contributed by atoms with Crippen molar-refractivity contribution in [2.24, 2.45) is 0 Å². The van der Waals surface area contributed by atoms with Gasteiger partial charge < -0.3 is 15.1 Å². The highest BCUT2D eigenvalue weighted by molar-refractivity contribution is 6.33. The minimum Gasteiger partial charge on any atom is -0.353 e. The Kier molecular flexibility index (Phi) is 5.22. The summed E-state index contributed by atoms with van der Waals surface area (Å²) in [7, 11) is 0. The zero-order valence-corrected chi connectivity index (χ0v) is 14.4. The van der Waals surface area contributed by atoms with Crippen molar-refractivity contribution in [2.75, 3.05) is 36.4 Å². The molecule has 2 heterocycles. The molecule has 1 aromatic heterocycles. The predicted molar refractivity (Wildman–Crippen MR) is 93.5 cm³/mol. The van der Waals surface area contributed by atoms with Gasteiger partial charge in [0.15, 0.2) is 0 Å². The fraction of sp³-hybridized carbons (Fsp3) is 0.294. The summed E-state index contributed by atoms with van der Waals surface area (Å²) in [6, 6.07) is 9.04. The van der Waals surface area contributed by atoms with Gasteiger partial charge in [-0.3, -0.25) is 0 Å². The first-order valence-electron chi connectivity index (χ1n) is 7.93. The van der Waals surface area contributed by atoms with Crippen molar-refractivity contribution in [3.8, 4) is 0 Å². The number of piperazine rings is 1. The molecule has 1 aliphatic heterocycles. The number of aromatic nitrogens is 1. The molecule has 26 heavy (non-hydrogen) atoms. The Morgan fingerprint density at radius 2 is 1.77 bits per heavy atom. The fourth-order valence-corrected chi connectivity index (χ4v) is 2.82. The molecule has 0 unspecified atom stereocenters. The maximum absolute atomic E-state index is 12.6. The lowest BCUT2D eigenvalue weighted by atomic mass is 10.2. The van der Waals surface area contributed by atoms with Gasteiger partial charge in [-0.25, -0.2) is 9.78 Å². The lowest BCUT2D eigenvalue weighted by Crippen LogP contribution is -2.50. The van der Waals surface area contributed by atoms with Gasteiger partial charge in [-0.15, -0.1) is 0 Å². The highest BCUT2D eigenvalue weighted by Crippen LogP contribution is 2.29. The number of nitrogens with zero attached hydrogens (tertiary/aromatic N) is 3. The largest absolute Gasteiger partial charge is 0.417 e. The van der Waals surface area contributed by atoms with Crippen LogP contribution in [0.25, 0.3) is 0 Å². The number of anilines is 2. The van der Waals surface area contributed by atoms with Crippen molar-refractivity contribution in [2.45, 2.75) is 6.18 Å². The van der Waals surface area contributed by atoms with Gasteiger partial charge in [-0.2, -0.15) is 13.2 Å². The van der Waals surface area contributed by atoms with E-state index in [4.69, 9.17) is 11.6 Å². The third-order valence-electron chi connectivity index (χ3n) is 4.08. The van der Waals surface area contributed by atoms with Gasteiger partial charge in [0.25, 0.3) is 0 Å². The van der Waals surface area contributed by atoms with Gasteiger partial charge in [0.1, 0.15) is 5.82 Å². The van der Waals surface area contributed by atoms with E-state index in [0.29, 0.717) is 42.7 Å². The average molecular weight is 385 g/mol. The summed E-state index contributed by atoms with van der Waals surface area (Å²) in [5, 5.41) is 3.21. The Morgan fingerprint density at radius 1 is 1.08 bits per heavy atom. The molecule has 1 fully saturated rings. The van der Waals surface area contributed by atoms with Crippen LogP contribution in [0.1, 0.15) is 5.56 Å². The Balaban J connectivity index is 1.57. The highest BCUT2D eigenvalue weighted by atomic mass is 35.5. The van der Waals surface area contributed by atoms with Gasteiger partial charge in [-0.05, 0) is 24.3 Å².